The van der Waals surface area contributed by atoms with Crippen molar-refractivity contribution >= 4 is 34.0 Å². The van der Waals surface area contributed by atoms with Gasteiger partial charge in [0.25, 0.3) is 0 Å². The SMILES string of the molecule is C=C/C=C/O[Si-]C([Si](C)(C)C)([Si](C)(C)C)[Si](C)(C)C. The summed E-state index contributed by atoms with van der Waals surface area (Å²) >= 11 is 0. The second-order valence-electron chi connectivity index (χ2n) is 8.28. The maximum atomic E-state index is 6.00. The Hall–Kier alpha value is 0.148. The van der Waals surface area contributed by atoms with Crippen LogP contribution in [0.4, 0.5) is 0 Å². The van der Waals surface area contributed by atoms with Gasteiger partial charge in [-0.2, -0.15) is 13.7 Å². The molecule has 0 spiro atoms. The van der Waals surface area contributed by atoms with Crippen LogP contribution in [0.2, 0.25) is 62.8 Å². The van der Waals surface area contributed by atoms with Crippen LogP contribution in [0, 0.1) is 0 Å². The standard InChI is InChI=1S/C14H32OSi4/c1-11-12-13-15-16-14(17(2,3)4,18(5,6)7)19(8,9)10/h11-13H,1H2,2-10H3/q-1/b13-12+. The molecule has 0 N–H and O–H groups in total. The van der Waals surface area contributed by atoms with Crippen molar-refractivity contribution in [2.75, 3.05) is 0 Å². The fourth-order valence-corrected chi connectivity index (χ4v) is 35.6. The smallest absolute Gasteiger partial charge is 0.0299 e. The molecule has 5 heteroatoms. The molecule has 19 heavy (non-hydrogen) atoms. The lowest BCUT2D eigenvalue weighted by atomic mass is 10.6. The molecule has 0 aromatic rings. The van der Waals surface area contributed by atoms with Gasteiger partial charge in [-0.1, -0.05) is 71.6 Å². The average Bonchev–Trinajstić information content (AvgIpc) is 2.10. The van der Waals surface area contributed by atoms with Gasteiger partial charge in [0.15, 0.2) is 0 Å². The van der Waals surface area contributed by atoms with E-state index in [9.17, 15) is 0 Å². The van der Waals surface area contributed by atoms with Crippen LogP contribution in [0.1, 0.15) is 0 Å². The normalized spacial score (nSPS) is 14.8. The van der Waals surface area contributed by atoms with Gasteiger partial charge in [0.05, 0.1) is 0 Å². The predicted molar refractivity (Wildman–Crippen MR) is 98.9 cm³/mol. The molecule has 111 valence electrons. The summed E-state index contributed by atoms with van der Waals surface area (Å²) in [4.78, 5) is 0. The van der Waals surface area contributed by atoms with Crippen LogP contribution < -0.4 is 0 Å². The summed E-state index contributed by atoms with van der Waals surface area (Å²) in [5.41, 5.74) is 0. The minimum absolute atomic E-state index is 0.499. The largest absolute Gasteiger partial charge is 0.744 e. The third kappa shape index (κ3) is 4.06. The van der Waals surface area contributed by atoms with Gasteiger partial charge in [-0.05, 0) is 6.08 Å². The first-order valence-electron chi connectivity index (χ1n) is 7.01. The summed E-state index contributed by atoms with van der Waals surface area (Å²) in [5.74, 6) is 0. The van der Waals surface area contributed by atoms with E-state index in [1.807, 2.05) is 12.3 Å². The summed E-state index contributed by atoms with van der Waals surface area (Å²) in [6.45, 7) is 26.6. The Kier molecular flexibility index (Phi) is 6.33. The molecule has 0 unspecified atom stereocenters. The number of allylic oxidation sites excluding steroid dienone is 2. The van der Waals surface area contributed by atoms with E-state index >= 15 is 0 Å². The van der Waals surface area contributed by atoms with Gasteiger partial charge in [0, 0.05) is 30.5 Å². The monoisotopic (exact) mass is 328 g/mol. The second-order valence-corrected chi connectivity index (χ2v) is 28.2. The molecule has 0 aliphatic carbocycles. The van der Waals surface area contributed by atoms with E-state index in [2.05, 4.69) is 65.5 Å². The molecule has 0 heterocycles. The van der Waals surface area contributed by atoms with Gasteiger partial charge in [0.2, 0.25) is 0 Å². The fraction of sp³-hybridized carbons (Fsp3) is 0.714. The molecule has 1 radical (unpaired) electrons. The van der Waals surface area contributed by atoms with Gasteiger partial charge in [0.1, 0.15) is 0 Å². The van der Waals surface area contributed by atoms with Gasteiger partial charge in [-0.25, -0.2) is 0 Å². The van der Waals surface area contributed by atoms with E-state index in [4.69, 9.17) is 4.43 Å². The van der Waals surface area contributed by atoms with Crippen molar-refractivity contribution in [3.63, 3.8) is 0 Å². The molecule has 0 aliphatic rings. The summed E-state index contributed by atoms with van der Waals surface area (Å²) in [7, 11) is -3.34. The molecule has 1 nitrogen and oxygen atoms in total. The van der Waals surface area contributed by atoms with Crippen molar-refractivity contribution in [2.45, 2.75) is 62.8 Å². The Balaban J connectivity index is 5.68. The summed E-state index contributed by atoms with van der Waals surface area (Å²) in [5, 5.41) is 0. The minimum atomic E-state index is -1.32. The Morgan fingerprint density at radius 2 is 1.21 bits per heavy atom. The van der Waals surface area contributed by atoms with Crippen molar-refractivity contribution in [2.24, 2.45) is 0 Å². The van der Waals surface area contributed by atoms with Crippen LogP contribution in [0.5, 0.6) is 0 Å². The first kappa shape index (κ1) is 19.1. The highest BCUT2D eigenvalue weighted by Gasteiger charge is 2.52. The van der Waals surface area contributed by atoms with E-state index in [0.717, 1.165) is 0 Å². The van der Waals surface area contributed by atoms with Crippen molar-refractivity contribution in [1.82, 2.24) is 0 Å². The molecular weight excluding hydrogens is 296 g/mol. The topological polar surface area (TPSA) is 9.23 Å². The Morgan fingerprint density at radius 3 is 1.47 bits per heavy atom. The van der Waals surface area contributed by atoms with Crippen LogP contribution in [0.25, 0.3) is 0 Å². The Bertz CT molecular complexity index is 293. The van der Waals surface area contributed by atoms with Crippen molar-refractivity contribution in [3.8, 4) is 0 Å². The predicted octanol–water partition coefficient (Wildman–Crippen LogP) is 5.11. The van der Waals surface area contributed by atoms with Crippen molar-refractivity contribution in [1.29, 1.82) is 0 Å². The van der Waals surface area contributed by atoms with E-state index in [1.165, 1.54) is 0 Å². The van der Waals surface area contributed by atoms with Crippen LogP contribution in [-0.4, -0.2) is 34.0 Å². The van der Waals surface area contributed by atoms with E-state index in [-0.39, 0.29) is 0 Å². The highest BCUT2D eigenvalue weighted by atomic mass is 28.5. The molecule has 0 bridgehead atoms. The molecule has 0 amide bonds. The molecule has 0 aromatic carbocycles. The quantitative estimate of drug-likeness (QED) is 0.358. The van der Waals surface area contributed by atoms with E-state index in [1.54, 1.807) is 6.08 Å². The third-order valence-electron chi connectivity index (χ3n) is 3.87. The van der Waals surface area contributed by atoms with Crippen LogP contribution in [0.3, 0.4) is 0 Å². The molecule has 0 atom stereocenters. The number of hydrogen-bond donors (Lipinski definition) is 0. The second kappa shape index (κ2) is 6.28. The van der Waals surface area contributed by atoms with Crippen molar-refractivity contribution < 1.29 is 4.43 Å². The zero-order chi connectivity index (χ0) is 15.5. The van der Waals surface area contributed by atoms with Crippen LogP contribution >= 0.6 is 0 Å². The Morgan fingerprint density at radius 1 is 0.842 bits per heavy atom. The highest BCUT2D eigenvalue weighted by molar-refractivity contribution is 7.22. The maximum absolute atomic E-state index is 6.00. The van der Waals surface area contributed by atoms with Crippen LogP contribution in [0.15, 0.2) is 25.0 Å². The average molecular weight is 329 g/mol. The Labute approximate surface area is 126 Å². The summed E-state index contributed by atoms with van der Waals surface area (Å²) < 4.78 is 6.50. The maximum Gasteiger partial charge on any atom is 0.0299 e. The van der Waals surface area contributed by atoms with Gasteiger partial charge in [-0.15, -0.1) is 0 Å². The number of rotatable bonds is 7. The molecule has 0 saturated carbocycles. The first-order chi connectivity index (χ1) is 8.31. The molecule has 0 aliphatic heterocycles. The summed E-state index contributed by atoms with van der Waals surface area (Å²) in [6, 6.07) is 0. The number of hydrogen-bond acceptors (Lipinski definition) is 1. The lowest BCUT2D eigenvalue weighted by molar-refractivity contribution is 0.510. The van der Waals surface area contributed by atoms with Crippen LogP contribution in [-0.2, 0) is 4.43 Å². The highest BCUT2D eigenvalue weighted by Crippen LogP contribution is 2.52. The molecule has 0 fully saturated rings. The van der Waals surface area contributed by atoms with Crippen molar-refractivity contribution in [3.05, 3.63) is 25.0 Å². The molecular formula is C14H32OSi4-. The minimum Gasteiger partial charge on any atom is -0.744 e. The molecule has 0 rings (SSSR count). The molecule has 0 aromatic heterocycles. The van der Waals surface area contributed by atoms with E-state index in [0.29, 0.717) is 13.7 Å². The zero-order valence-electron chi connectivity index (χ0n) is 14.3. The fourth-order valence-electron chi connectivity index (χ4n) is 4.05. The third-order valence-corrected chi connectivity index (χ3v) is 32.3. The molecule has 0 saturated heterocycles. The van der Waals surface area contributed by atoms with Gasteiger partial charge in [-0.3, -0.25) is 0 Å². The van der Waals surface area contributed by atoms with E-state index < -0.39 is 24.2 Å². The lowest BCUT2D eigenvalue weighted by Gasteiger charge is -2.67. The summed E-state index contributed by atoms with van der Waals surface area (Å²) in [6.07, 6.45) is 5.51. The first-order valence-corrected chi connectivity index (χ1v) is 18.4. The zero-order valence-corrected chi connectivity index (χ0v) is 18.3. The van der Waals surface area contributed by atoms with Gasteiger partial charge < -0.3 is 4.43 Å². The van der Waals surface area contributed by atoms with Gasteiger partial charge >= 0.3 is 0 Å². The lowest BCUT2D eigenvalue weighted by Crippen LogP contribution is -2.68.